The maximum Gasteiger partial charge on any atom is 0.181 e. The second-order valence-electron chi connectivity index (χ2n) is 2.42. The van der Waals surface area contributed by atoms with Crippen LogP contribution >= 0.6 is 0 Å². The third-order valence-electron chi connectivity index (χ3n) is 1.30. The second-order valence-corrected chi connectivity index (χ2v) is 2.42. The fourth-order valence-electron chi connectivity index (χ4n) is 0.716. The molecule has 0 spiro atoms. The summed E-state index contributed by atoms with van der Waals surface area (Å²) in [5, 5.41) is 0. The van der Waals surface area contributed by atoms with Crippen molar-refractivity contribution in [1.82, 2.24) is 4.98 Å². The Balaban J connectivity index is 2.68. The van der Waals surface area contributed by atoms with Gasteiger partial charge in [0.05, 0.1) is 11.9 Å². The number of hydrogen-bond acceptors (Lipinski definition) is 4. The summed E-state index contributed by atoms with van der Waals surface area (Å²) in [4.78, 5) is 3.73. The van der Waals surface area contributed by atoms with E-state index in [9.17, 15) is 0 Å². The first-order valence-electron chi connectivity index (χ1n) is 3.67. The van der Waals surface area contributed by atoms with E-state index in [1.807, 2.05) is 0 Å². The van der Waals surface area contributed by atoms with E-state index in [0.717, 1.165) is 0 Å². The second kappa shape index (κ2) is 4.15. The van der Waals surface area contributed by atoms with Crippen LogP contribution in [0.15, 0.2) is 47.5 Å². The Kier molecular flexibility index (Phi) is 2.92. The highest BCUT2D eigenvalue weighted by Gasteiger charge is 1.96. The van der Waals surface area contributed by atoms with Crippen LogP contribution < -0.4 is 11.5 Å². The number of nitrogens with two attached hydrogens (primary N) is 2. The van der Waals surface area contributed by atoms with Crippen molar-refractivity contribution in [3.63, 3.8) is 0 Å². The van der Waals surface area contributed by atoms with Crippen molar-refractivity contribution in [3.05, 3.63) is 48.9 Å². The molecule has 4 nitrogen and oxygen atoms in total. The van der Waals surface area contributed by atoms with Crippen LogP contribution in [0.1, 0.15) is 5.76 Å². The van der Waals surface area contributed by atoms with Gasteiger partial charge < -0.3 is 15.9 Å². The lowest BCUT2D eigenvalue weighted by Gasteiger charge is -1.91. The van der Waals surface area contributed by atoms with Gasteiger partial charge in [0, 0.05) is 5.70 Å². The van der Waals surface area contributed by atoms with Gasteiger partial charge in [-0.15, -0.1) is 0 Å². The maximum atomic E-state index is 5.63. The van der Waals surface area contributed by atoms with Crippen molar-refractivity contribution in [2.75, 3.05) is 0 Å². The van der Waals surface area contributed by atoms with E-state index in [0.29, 0.717) is 17.2 Å². The molecule has 1 rings (SSSR count). The van der Waals surface area contributed by atoms with E-state index >= 15 is 0 Å². The van der Waals surface area contributed by atoms with Gasteiger partial charge >= 0.3 is 0 Å². The molecule has 0 bridgehead atoms. The molecule has 0 aliphatic rings. The Morgan fingerprint density at radius 2 is 2.31 bits per heavy atom. The van der Waals surface area contributed by atoms with E-state index in [-0.39, 0.29) is 0 Å². The summed E-state index contributed by atoms with van der Waals surface area (Å²) in [7, 11) is 0. The first kappa shape index (κ1) is 9.12. The van der Waals surface area contributed by atoms with Crippen molar-refractivity contribution in [2.45, 2.75) is 0 Å². The fourth-order valence-corrected chi connectivity index (χ4v) is 0.716. The Bertz CT molecular complexity index is 336. The van der Waals surface area contributed by atoms with Crippen molar-refractivity contribution in [2.24, 2.45) is 11.5 Å². The van der Waals surface area contributed by atoms with Crippen LogP contribution in [0.4, 0.5) is 0 Å². The van der Waals surface area contributed by atoms with Crippen molar-refractivity contribution >= 4 is 5.70 Å². The topological polar surface area (TPSA) is 78.1 Å². The molecule has 0 saturated heterocycles. The largest absolute Gasteiger partial charge is 0.442 e. The molecular formula is C9H11N3O. The quantitative estimate of drug-likeness (QED) is 0.675. The van der Waals surface area contributed by atoms with Gasteiger partial charge in [-0.2, -0.15) is 0 Å². The lowest BCUT2D eigenvalue weighted by atomic mass is 10.3. The third kappa shape index (κ3) is 2.86. The van der Waals surface area contributed by atoms with Crippen molar-refractivity contribution in [1.29, 1.82) is 0 Å². The zero-order chi connectivity index (χ0) is 9.68. The Labute approximate surface area is 76.2 Å². The van der Waals surface area contributed by atoms with Gasteiger partial charge in [0.25, 0.3) is 0 Å². The molecule has 68 valence electrons. The highest BCUT2D eigenvalue weighted by atomic mass is 16.3. The molecule has 4 N–H and O–H groups in total. The van der Waals surface area contributed by atoms with E-state index in [2.05, 4.69) is 11.6 Å². The van der Waals surface area contributed by atoms with Crippen LogP contribution in [0.2, 0.25) is 0 Å². The number of allylic oxidation sites excluding steroid dienone is 3. The minimum absolute atomic E-state index is 0.474. The zero-order valence-electron chi connectivity index (χ0n) is 7.10. The van der Waals surface area contributed by atoms with Crippen LogP contribution in [-0.2, 0) is 0 Å². The summed E-state index contributed by atoms with van der Waals surface area (Å²) in [6, 6.07) is 0. The highest BCUT2D eigenvalue weighted by Crippen LogP contribution is 2.06. The highest BCUT2D eigenvalue weighted by molar-refractivity contribution is 5.58. The fraction of sp³-hybridized carbons (Fsp3) is 0. The van der Waals surface area contributed by atoms with E-state index in [1.54, 1.807) is 18.2 Å². The summed E-state index contributed by atoms with van der Waals surface area (Å²) < 4.78 is 4.96. The predicted molar refractivity (Wildman–Crippen MR) is 51.1 cm³/mol. The monoisotopic (exact) mass is 177 g/mol. The Hall–Kier alpha value is -1.97. The molecular weight excluding hydrogens is 166 g/mol. The molecule has 4 heteroatoms. The van der Waals surface area contributed by atoms with E-state index < -0.39 is 0 Å². The zero-order valence-corrected chi connectivity index (χ0v) is 7.10. The molecule has 1 aromatic heterocycles. The number of aromatic nitrogens is 1. The van der Waals surface area contributed by atoms with Gasteiger partial charge in [-0.25, -0.2) is 4.98 Å². The van der Waals surface area contributed by atoms with Gasteiger partial charge in [-0.05, 0) is 12.2 Å². The van der Waals surface area contributed by atoms with Crippen LogP contribution in [0, 0.1) is 0 Å². The van der Waals surface area contributed by atoms with Crippen molar-refractivity contribution in [3.8, 4) is 0 Å². The first-order valence-corrected chi connectivity index (χ1v) is 3.67. The van der Waals surface area contributed by atoms with Gasteiger partial charge in [-0.1, -0.05) is 12.7 Å². The minimum atomic E-state index is 0.474. The van der Waals surface area contributed by atoms with E-state index in [1.165, 1.54) is 12.6 Å². The molecule has 13 heavy (non-hydrogen) atoms. The van der Waals surface area contributed by atoms with Crippen LogP contribution in [-0.4, -0.2) is 4.98 Å². The summed E-state index contributed by atoms with van der Waals surface area (Å²) in [6.45, 7) is 3.50. The average Bonchev–Trinajstić information content (AvgIpc) is 2.55. The first-order chi connectivity index (χ1) is 6.20. The number of hydrogen-bond donors (Lipinski definition) is 2. The molecule has 0 aliphatic carbocycles. The van der Waals surface area contributed by atoms with Crippen LogP contribution in [0.25, 0.3) is 5.70 Å². The van der Waals surface area contributed by atoms with Gasteiger partial charge in [0.2, 0.25) is 0 Å². The average molecular weight is 177 g/mol. The lowest BCUT2D eigenvalue weighted by molar-refractivity contribution is 0.543. The smallest absolute Gasteiger partial charge is 0.181 e. The molecule has 0 fully saturated rings. The summed E-state index contributed by atoms with van der Waals surface area (Å²) in [5.74, 6) is 0.535. The molecule has 0 aromatic carbocycles. The predicted octanol–water partition coefficient (Wildman–Crippen LogP) is 1.00. The molecule has 1 aromatic rings. The Morgan fingerprint density at radius 1 is 1.54 bits per heavy atom. The molecule has 1 heterocycles. The maximum absolute atomic E-state index is 5.63. The molecule has 0 amide bonds. The molecule has 0 radical (unpaired) electrons. The molecule has 0 atom stereocenters. The van der Waals surface area contributed by atoms with Gasteiger partial charge in [0.15, 0.2) is 12.2 Å². The standard InChI is InChI=1S/C9H11N3O/c1-7(10)3-2-4-8(11)9-5-12-6-13-9/h2-6H,1,10-11H2/b3-2-,8-4-. The summed E-state index contributed by atoms with van der Waals surface area (Å²) >= 11 is 0. The normalized spacial score (nSPS) is 12.2. The number of nitrogens with zero attached hydrogens (tertiary/aromatic N) is 1. The van der Waals surface area contributed by atoms with Crippen LogP contribution in [0.5, 0.6) is 0 Å². The molecule has 0 saturated carbocycles. The number of oxazole rings is 1. The number of rotatable bonds is 3. The molecule has 0 aliphatic heterocycles. The van der Waals surface area contributed by atoms with Crippen LogP contribution in [0.3, 0.4) is 0 Å². The SMILES string of the molecule is C=C(N)/C=C\C=C(/N)c1cnco1. The van der Waals surface area contributed by atoms with Crippen molar-refractivity contribution < 1.29 is 4.42 Å². The van der Waals surface area contributed by atoms with Gasteiger partial charge in [0.1, 0.15) is 0 Å². The van der Waals surface area contributed by atoms with Gasteiger partial charge in [-0.3, -0.25) is 0 Å². The molecule has 0 unspecified atom stereocenters. The minimum Gasteiger partial charge on any atom is -0.442 e. The van der Waals surface area contributed by atoms with E-state index in [4.69, 9.17) is 15.9 Å². The summed E-state index contributed by atoms with van der Waals surface area (Å²) in [5.41, 5.74) is 11.9. The Morgan fingerprint density at radius 3 is 2.85 bits per heavy atom. The summed E-state index contributed by atoms with van der Waals surface area (Å²) in [6.07, 6.45) is 7.86. The third-order valence-corrected chi connectivity index (χ3v) is 1.30. The lowest BCUT2D eigenvalue weighted by Crippen LogP contribution is -1.93.